The van der Waals surface area contributed by atoms with E-state index in [0.717, 1.165) is 6.42 Å². The number of rotatable bonds is 4. The van der Waals surface area contributed by atoms with Crippen LogP contribution < -0.4 is 11.1 Å². The highest BCUT2D eigenvalue weighted by Crippen LogP contribution is 2.67. The molecule has 9 heteroatoms. The van der Waals surface area contributed by atoms with Crippen molar-refractivity contribution in [2.75, 3.05) is 13.1 Å². The summed E-state index contributed by atoms with van der Waals surface area (Å²) in [4.78, 5) is 41.2. The predicted molar refractivity (Wildman–Crippen MR) is 86.8 cm³/mol. The first-order chi connectivity index (χ1) is 11.8. The molecule has 1 aromatic heterocycles. The number of likely N-dealkylation sites (tertiary alicyclic amines) is 1. The molecule has 4 N–H and O–H groups in total. The number of hydrogen-bond donors (Lipinski definition) is 3. The van der Waals surface area contributed by atoms with Gasteiger partial charge in [-0.1, -0.05) is 11.6 Å². The Bertz CT molecular complexity index is 794. The van der Waals surface area contributed by atoms with Gasteiger partial charge in [-0.05, 0) is 18.9 Å². The van der Waals surface area contributed by atoms with E-state index < -0.39 is 5.91 Å². The summed E-state index contributed by atoms with van der Waals surface area (Å²) in [6.45, 7) is 0.757. The number of fused-ring (bicyclic) bond motifs is 1. The fraction of sp³-hybridized carbons (Fsp3) is 0.500. The summed E-state index contributed by atoms with van der Waals surface area (Å²) >= 11 is 6.01. The molecule has 8 nitrogen and oxygen atoms in total. The zero-order valence-corrected chi connectivity index (χ0v) is 14.0. The zero-order valence-electron chi connectivity index (χ0n) is 13.2. The van der Waals surface area contributed by atoms with Gasteiger partial charge in [-0.25, -0.2) is 4.98 Å². The van der Waals surface area contributed by atoms with Gasteiger partial charge in [0.25, 0.3) is 5.91 Å². The number of carbonyl (C=O) groups is 3. The minimum absolute atomic E-state index is 0.0260. The Morgan fingerprint density at radius 3 is 2.60 bits per heavy atom. The van der Waals surface area contributed by atoms with E-state index >= 15 is 0 Å². The summed E-state index contributed by atoms with van der Waals surface area (Å²) in [5, 5.41) is 12.5. The van der Waals surface area contributed by atoms with Crippen LogP contribution in [-0.2, 0) is 4.79 Å². The molecule has 0 bridgehead atoms. The lowest BCUT2D eigenvalue weighted by molar-refractivity contribution is -0.134. The van der Waals surface area contributed by atoms with Gasteiger partial charge < -0.3 is 21.1 Å². The minimum atomic E-state index is -0.668. The van der Waals surface area contributed by atoms with Crippen molar-refractivity contribution in [3.8, 4) is 0 Å². The summed E-state index contributed by atoms with van der Waals surface area (Å²) in [6.07, 6.45) is 2.15. The number of halogens is 1. The minimum Gasteiger partial charge on any atom is -0.393 e. The fourth-order valence-electron chi connectivity index (χ4n) is 3.73. The van der Waals surface area contributed by atoms with Gasteiger partial charge in [-0.15, -0.1) is 0 Å². The average molecular weight is 365 g/mol. The molecule has 0 unspecified atom stereocenters. The van der Waals surface area contributed by atoms with Gasteiger partial charge in [0.2, 0.25) is 11.8 Å². The first kappa shape index (κ1) is 16.3. The first-order valence-electron chi connectivity index (χ1n) is 8.05. The second-order valence-electron chi connectivity index (χ2n) is 7.04. The molecule has 2 aliphatic carbocycles. The van der Waals surface area contributed by atoms with Crippen molar-refractivity contribution in [1.82, 2.24) is 15.2 Å². The van der Waals surface area contributed by atoms with Crippen LogP contribution in [0.25, 0.3) is 0 Å². The lowest BCUT2D eigenvalue weighted by Crippen LogP contribution is -2.62. The fourth-order valence-corrected chi connectivity index (χ4v) is 3.97. The Morgan fingerprint density at radius 2 is 2.08 bits per heavy atom. The molecule has 0 radical (unpaired) electrons. The summed E-state index contributed by atoms with van der Waals surface area (Å²) in [6, 6.07) is 1.21. The second kappa shape index (κ2) is 5.40. The number of aromatic nitrogens is 1. The molecule has 0 aromatic carbocycles. The van der Waals surface area contributed by atoms with E-state index in [1.54, 1.807) is 0 Å². The van der Waals surface area contributed by atoms with Gasteiger partial charge in [0.05, 0.1) is 28.1 Å². The van der Waals surface area contributed by atoms with Gasteiger partial charge in [-0.3, -0.25) is 14.4 Å². The van der Waals surface area contributed by atoms with Crippen LogP contribution in [0.4, 0.5) is 0 Å². The number of nitrogens with one attached hydrogen (secondary N) is 1. The molecule has 1 aliphatic heterocycles. The Kier molecular flexibility index (Phi) is 3.52. The van der Waals surface area contributed by atoms with Gasteiger partial charge >= 0.3 is 0 Å². The SMILES string of the molecule is NC(=O)c1cnc(C(=O)N2CC(NC(=O)[C@@]34C[C@H](O)[C@@H]3C4)C2)c(Cl)c1. The third kappa shape index (κ3) is 2.47. The summed E-state index contributed by atoms with van der Waals surface area (Å²) in [5.41, 5.74) is 4.97. The van der Waals surface area contributed by atoms with E-state index in [2.05, 4.69) is 10.3 Å². The van der Waals surface area contributed by atoms with Crippen LogP contribution in [0.1, 0.15) is 33.7 Å². The molecule has 3 atom stereocenters. The molecule has 3 fully saturated rings. The molecule has 4 rings (SSSR count). The summed E-state index contributed by atoms with van der Waals surface area (Å²) in [7, 11) is 0. The van der Waals surface area contributed by atoms with Crippen molar-refractivity contribution in [2.45, 2.75) is 25.0 Å². The van der Waals surface area contributed by atoms with E-state index in [9.17, 15) is 19.5 Å². The van der Waals surface area contributed by atoms with Gasteiger partial charge in [-0.2, -0.15) is 0 Å². The molecule has 1 aromatic rings. The van der Waals surface area contributed by atoms with Crippen molar-refractivity contribution in [3.63, 3.8) is 0 Å². The molecule has 1 saturated heterocycles. The number of nitrogens with zero attached hydrogens (tertiary/aromatic N) is 2. The lowest BCUT2D eigenvalue weighted by Gasteiger charge is -2.41. The first-order valence-corrected chi connectivity index (χ1v) is 8.43. The second-order valence-corrected chi connectivity index (χ2v) is 7.44. The number of primary amides is 1. The van der Waals surface area contributed by atoms with E-state index in [-0.39, 0.29) is 51.6 Å². The van der Waals surface area contributed by atoms with E-state index in [1.165, 1.54) is 17.2 Å². The van der Waals surface area contributed by atoms with E-state index in [4.69, 9.17) is 17.3 Å². The quantitative estimate of drug-likeness (QED) is 0.667. The molecule has 0 spiro atoms. The van der Waals surface area contributed by atoms with Crippen LogP contribution >= 0.6 is 11.6 Å². The number of aliphatic hydroxyl groups is 1. The van der Waals surface area contributed by atoms with Gasteiger partial charge in [0, 0.05) is 25.2 Å². The highest BCUT2D eigenvalue weighted by Gasteiger charge is 2.71. The van der Waals surface area contributed by atoms with Crippen molar-refractivity contribution < 1.29 is 19.5 Å². The molecule has 2 saturated carbocycles. The standard InChI is InChI=1S/C16H17ClN4O4/c17-10-1-7(13(18)23)4-19-12(10)14(24)21-5-8(6-21)20-15(25)16-2-9(16)11(22)3-16/h1,4,8-9,11,22H,2-3,5-6H2,(H2,18,23)(H,20,25)/t9-,11-,16-/m0/s1. The number of aliphatic hydroxyl groups excluding tert-OH is 1. The van der Waals surface area contributed by atoms with Crippen molar-refractivity contribution in [2.24, 2.45) is 17.1 Å². The van der Waals surface area contributed by atoms with Crippen LogP contribution in [0.15, 0.2) is 12.3 Å². The average Bonchev–Trinajstić information content (AvgIpc) is 3.16. The Hall–Kier alpha value is -2.19. The van der Waals surface area contributed by atoms with Crippen LogP contribution in [0, 0.1) is 11.3 Å². The number of pyridine rings is 1. The monoisotopic (exact) mass is 364 g/mol. The maximum Gasteiger partial charge on any atom is 0.274 e. The lowest BCUT2D eigenvalue weighted by atomic mass is 9.81. The maximum absolute atomic E-state index is 12.4. The Balaban J connectivity index is 1.32. The van der Waals surface area contributed by atoms with Crippen molar-refractivity contribution in [1.29, 1.82) is 0 Å². The summed E-state index contributed by atoms with van der Waals surface area (Å²) in [5.74, 6) is -0.939. The zero-order chi connectivity index (χ0) is 17.9. The van der Waals surface area contributed by atoms with E-state index in [1.807, 2.05) is 0 Å². The topological polar surface area (TPSA) is 126 Å². The van der Waals surface area contributed by atoms with Crippen LogP contribution in [0.2, 0.25) is 5.02 Å². The molecule has 2 heterocycles. The number of nitrogens with two attached hydrogens (primary N) is 1. The third-order valence-electron chi connectivity index (χ3n) is 5.46. The van der Waals surface area contributed by atoms with Crippen LogP contribution in [0.3, 0.4) is 0 Å². The largest absolute Gasteiger partial charge is 0.393 e. The smallest absolute Gasteiger partial charge is 0.274 e. The van der Waals surface area contributed by atoms with Gasteiger partial charge in [0.1, 0.15) is 5.69 Å². The third-order valence-corrected chi connectivity index (χ3v) is 5.74. The summed E-state index contributed by atoms with van der Waals surface area (Å²) < 4.78 is 0. The Morgan fingerprint density at radius 1 is 1.36 bits per heavy atom. The van der Waals surface area contributed by atoms with Crippen molar-refractivity contribution >= 4 is 29.3 Å². The Labute approximate surface area is 148 Å². The highest BCUT2D eigenvalue weighted by atomic mass is 35.5. The molecular formula is C16H17ClN4O4. The maximum atomic E-state index is 12.4. The molecule has 3 amide bonds. The van der Waals surface area contributed by atoms with Crippen LogP contribution in [-0.4, -0.2) is 57.9 Å². The number of hydrogen-bond acceptors (Lipinski definition) is 5. The van der Waals surface area contributed by atoms with E-state index in [0.29, 0.717) is 19.5 Å². The molecule has 25 heavy (non-hydrogen) atoms. The van der Waals surface area contributed by atoms with Gasteiger partial charge in [0.15, 0.2) is 0 Å². The molecule has 132 valence electrons. The highest BCUT2D eigenvalue weighted by molar-refractivity contribution is 6.33. The van der Waals surface area contributed by atoms with Crippen molar-refractivity contribution in [3.05, 3.63) is 28.5 Å². The number of carbonyl (C=O) groups excluding carboxylic acids is 3. The normalized spacial score (nSPS) is 29.9. The molecular weight excluding hydrogens is 348 g/mol. The number of amides is 3. The predicted octanol–water partition coefficient (Wildman–Crippen LogP) is -0.455. The van der Waals surface area contributed by atoms with Crippen LogP contribution in [0.5, 0.6) is 0 Å². The molecule has 3 aliphatic rings.